The van der Waals surface area contributed by atoms with E-state index in [2.05, 4.69) is 61.0 Å². The molecule has 10 heterocycles. The fraction of sp³-hybridized carbons (Fsp3) is 0.407. The number of thiazole rings is 2. The number of hydrogen-bond donors (Lipinski definition) is 4. The number of carbonyl (C=O) groups is 2. The van der Waals surface area contributed by atoms with Gasteiger partial charge in [-0.2, -0.15) is 20.7 Å². The molecule has 2 aromatic carbocycles. The summed E-state index contributed by atoms with van der Waals surface area (Å²) in [5.41, 5.74) is 8.72. The van der Waals surface area contributed by atoms with Crippen LogP contribution in [0.5, 0.6) is 0 Å². The van der Waals surface area contributed by atoms with E-state index in [0.29, 0.717) is 61.0 Å². The van der Waals surface area contributed by atoms with Gasteiger partial charge in [0.2, 0.25) is 0 Å². The molecule has 0 saturated carbocycles. The molecule has 432 valence electrons. The molecule has 0 bridgehead atoms. The molecular weight excluding hydrogens is 1100 g/mol. The number of fused-ring (bicyclic) bond motifs is 2. The smallest absolute Gasteiger partial charge is 0.335 e. The number of aromatic nitrogens is 7. The number of anilines is 6. The molecule has 4 aliphatic heterocycles. The Kier molecular flexibility index (Phi) is 15.3. The number of halogens is 2. The number of nitrogens with zero attached hydrogens (tertiary/aromatic N) is 14. The average Bonchev–Trinajstić information content (AvgIpc) is 3.53. The van der Waals surface area contributed by atoms with Crippen molar-refractivity contribution in [3.05, 3.63) is 111 Å². The van der Waals surface area contributed by atoms with E-state index in [1.807, 2.05) is 45.3 Å². The van der Waals surface area contributed by atoms with E-state index in [1.54, 1.807) is 29.2 Å². The van der Waals surface area contributed by atoms with Gasteiger partial charge in [0.1, 0.15) is 62.0 Å². The molecule has 4 fully saturated rings. The molecule has 0 aliphatic carbocycles. The molecule has 4 N–H and O–H groups in total. The Labute approximate surface area is 487 Å². The number of likely N-dealkylation sites (tertiary alicyclic amines) is 1. The summed E-state index contributed by atoms with van der Waals surface area (Å²) >= 11 is 2.61. The van der Waals surface area contributed by atoms with Crippen LogP contribution in [-0.4, -0.2) is 144 Å². The lowest BCUT2D eigenvalue weighted by Crippen LogP contribution is -2.74. The topological polar surface area (TPSA) is 244 Å². The van der Waals surface area contributed by atoms with E-state index in [0.717, 1.165) is 109 Å². The Bertz CT molecular complexity index is 3880. The molecule has 0 atom stereocenters. The van der Waals surface area contributed by atoms with Crippen LogP contribution in [0.4, 0.5) is 41.9 Å². The van der Waals surface area contributed by atoms with Gasteiger partial charge in [-0.1, -0.05) is 36.5 Å². The van der Waals surface area contributed by atoms with Crippen LogP contribution in [0.25, 0.3) is 33.7 Å². The molecule has 0 unspecified atom stereocenters. The molecule has 24 heteroatoms. The number of nitrogens with one attached hydrogen (secondary N) is 1. The first-order valence-corrected chi connectivity index (χ1v) is 28.8. The maximum atomic E-state index is 13.5. The largest absolute Gasteiger partial charge is 0.479 e. The maximum Gasteiger partial charge on any atom is 0.335 e. The van der Waals surface area contributed by atoms with Gasteiger partial charge in [0, 0.05) is 112 Å². The molecule has 4 aliphatic rings. The first kappa shape index (κ1) is 58.1. The number of amides is 1. The molecular formula is C59H65F2N15O5S2. The fourth-order valence-corrected chi connectivity index (χ4v) is 12.8. The van der Waals surface area contributed by atoms with Crippen LogP contribution in [0.1, 0.15) is 73.8 Å². The average molecular weight is 1170 g/mol. The number of rotatable bonds is 12. The van der Waals surface area contributed by atoms with Crippen LogP contribution in [0.3, 0.4) is 0 Å². The third kappa shape index (κ3) is 11.0. The highest BCUT2D eigenvalue weighted by atomic mass is 32.1. The maximum absolute atomic E-state index is 13.5. The van der Waals surface area contributed by atoms with Crippen molar-refractivity contribution in [1.82, 2.24) is 44.4 Å². The summed E-state index contributed by atoms with van der Waals surface area (Å²) in [6, 6.07) is 18.7. The van der Waals surface area contributed by atoms with E-state index in [9.17, 15) is 34.0 Å². The highest BCUT2D eigenvalue weighted by molar-refractivity contribution is 7.17. The lowest BCUT2D eigenvalue weighted by molar-refractivity contribution is -0.162. The molecule has 12 rings (SSSR count). The second kappa shape index (κ2) is 21.9. The minimum atomic E-state index is -1.58. The van der Waals surface area contributed by atoms with Crippen LogP contribution in [0, 0.1) is 59.0 Å². The molecule has 20 nitrogen and oxygen atoms in total. The van der Waals surface area contributed by atoms with Gasteiger partial charge < -0.3 is 45.1 Å². The number of nitriles is 2. The number of carbonyl (C=O) groups excluding carboxylic acids is 1. The van der Waals surface area contributed by atoms with Gasteiger partial charge in [-0.25, -0.2) is 37.6 Å². The summed E-state index contributed by atoms with van der Waals surface area (Å²) in [6.45, 7) is 21.0. The van der Waals surface area contributed by atoms with Crippen molar-refractivity contribution in [2.75, 3.05) is 86.1 Å². The molecule has 0 radical (unpaired) electrons. The molecule has 4 saturated heterocycles. The van der Waals surface area contributed by atoms with E-state index in [1.165, 1.54) is 74.6 Å². The fourth-order valence-electron chi connectivity index (χ4n) is 11.0. The van der Waals surface area contributed by atoms with Crippen molar-refractivity contribution in [3.8, 4) is 34.7 Å². The van der Waals surface area contributed by atoms with Crippen LogP contribution >= 0.6 is 22.7 Å². The zero-order valence-corrected chi connectivity index (χ0v) is 49.5. The van der Waals surface area contributed by atoms with Crippen molar-refractivity contribution in [3.63, 3.8) is 0 Å². The second-order valence-corrected chi connectivity index (χ2v) is 25.0. The summed E-state index contributed by atoms with van der Waals surface area (Å²) < 4.78 is 30.7. The van der Waals surface area contributed by atoms with Crippen LogP contribution in [0.15, 0.2) is 67.0 Å². The zero-order chi connectivity index (χ0) is 59.7. The Morgan fingerprint density at radius 1 is 0.699 bits per heavy atom. The highest BCUT2D eigenvalue weighted by Gasteiger charge is 2.55. The second-order valence-electron chi connectivity index (χ2n) is 23.1. The third-order valence-electron chi connectivity index (χ3n) is 15.5. The minimum Gasteiger partial charge on any atom is -0.479 e. The monoisotopic (exact) mass is 1170 g/mol. The number of pyridine rings is 1. The van der Waals surface area contributed by atoms with Crippen molar-refractivity contribution in [2.24, 2.45) is 10.8 Å². The molecule has 6 aromatic heterocycles. The lowest BCUT2D eigenvalue weighted by atomic mass is 9.72. The Morgan fingerprint density at radius 3 is 1.63 bits per heavy atom. The first-order chi connectivity index (χ1) is 39.3. The number of aliphatic carboxylic acids is 1. The molecule has 83 heavy (non-hydrogen) atoms. The number of benzene rings is 2. The summed E-state index contributed by atoms with van der Waals surface area (Å²) in [5.74, 6) is -1.08. The molecule has 8 aromatic rings. The van der Waals surface area contributed by atoms with Crippen LogP contribution in [-0.2, 0) is 22.4 Å². The van der Waals surface area contributed by atoms with E-state index in [-0.39, 0.29) is 23.0 Å². The quantitative estimate of drug-likeness (QED) is 0.0899. The number of aryl methyl sites for hydroxylation is 4. The van der Waals surface area contributed by atoms with Gasteiger partial charge in [-0.15, -0.1) is 0 Å². The summed E-state index contributed by atoms with van der Waals surface area (Å²) in [5, 5.41) is 60.5. The SMILES string of the molecule is CC(C)(O)C(=O)O.CCc1nn2cc(C)c(N3CC4(CN(C(=O)C(C)(C)O)C4)C3)cc2c1N(C)c1nc(-c2ccc(F)cc2)c(C#N)s1.CCc1nn2cc(C)c(N3CC4(CNC4)C3)nc2c1N(C)c1nc(-c2ccc(F)cc2)c(C#N)s1. The van der Waals surface area contributed by atoms with Gasteiger partial charge in [-0.05, 0) is 115 Å². The number of aliphatic hydroxyl groups is 2. The van der Waals surface area contributed by atoms with Crippen LogP contribution in [0.2, 0.25) is 0 Å². The third-order valence-corrected chi connectivity index (χ3v) is 17.6. The zero-order valence-electron chi connectivity index (χ0n) is 47.9. The summed E-state index contributed by atoms with van der Waals surface area (Å²) in [6.07, 6.45) is 5.54. The molecule has 2 spiro atoms. The Morgan fingerprint density at radius 2 is 1.17 bits per heavy atom. The predicted octanol–water partition coefficient (Wildman–Crippen LogP) is 8.28. The van der Waals surface area contributed by atoms with Crippen molar-refractivity contribution < 1.29 is 33.7 Å². The van der Waals surface area contributed by atoms with Gasteiger partial charge >= 0.3 is 5.97 Å². The van der Waals surface area contributed by atoms with Gasteiger partial charge in [-0.3, -0.25) is 4.79 Å². The van der Waals surface area contributed by atoms with Crippen molar-refractivity contribution in [1.29, 1.82) is 10.5 Å². The lowest BCUT2D eigenvalue weighted by Gasteiger charge is -2.61. The highest BCUT2D eigenvalue weighted by Crippen LogP contribution is 2.46. The van der Waals surface area contributed by atoms with E-state index >= 15 is 0 Å². The van der Waals surface area contributed by atoms with Gasteiger partial charge in [0.05, 0.1) is 22.6 Å². The van der Waals surface area contributed by atoms with Crippen LogP contribution < -0.4 is 24.9 Å². The van der Waals surface area contributed by atoms with E-state index < -0.39 is 17.2 Å². The Hall–Kier alpha value is -8.13. The number of hydrogen-bond acceptors (Lipinski definition) is 18. The van der Waals surface area contributed by atoms with Gasteiger partial charge in [0.25, 0.3) is 5.91 Å². The first-order valence-electron chi connectivity index (χ1n) is 27.2. The molecule has 1 amide bonds. The van der Waals surface area contributed by atoms with E-state index in [4.69, 9.17) is 35.4 Å². The number of carboxylic acid groups (broad SMARTS) is 1. The predicted molar refractivity (Wildman–Crippen MR) is 316 cm³/mol. The summed E-state index contributed by atoms with van der Waals surface area (Å²) in [4.78, 5) is 48.2. The van der Waals surface area contributed by atoms with Crippen molar-refractivity contribution >= 4 is 78.9 Å². The van der Waals surface area contributed by atoms with Crippen molar-refractivity contribution in [2.45, 2.75) is 79.4 Å². The standard InChI is InChI=1S/C30H32FN7O2S.C25H25FN8S.C4H8O3/c1-6-21-26(35(5)28-33-25(24(12-32)41-28)19-7-9-20(31)10-8-19)23-11-22(18(2)13-38(23)34-21)36-14-30(15-36)16-37(17-30)27(39)29(3,4)40;1-4-18-21(32(3)24-29-20(19(9-27)35-24)16-5-7-17(26)8-6-16)23-30-22(15(2)10-34(23)31-18)33-13-25(14-33)11-28-12-25;1-4(2,7)3(5)6/h7-11,13,40H,6,14-17H2,1-5H3;5-8,10,28H,4,11-14H2,1-3H3;7H,1-2H3,(H,5,6). The van der Waals surface area contributed by atoms with Gasteiger partial charge in [0.15, 0.2) is 21.5 Å². The summed E-state index contributed by atoms with van der Waals surface area (Å²) in [7, 11) is 3.87. The Balaban J connectivity index is 0.000000168. The number of carboxylic acids is 1. The normalized spacial score (nSPS) is 15.7. The minimum absolute atomic E-state index is 0.0687.